The molecule has 2 N–H and O–H groups in total. The molecule has 0 bridgehead atoms. The van der Waals surface area contributed by atoms with Gasteiger partial charge in [0.15, 0.2) is 5.96 Å². The van der Waals surface area contributed by atoms with Gasteiger partial charge in [0.1, 0.15) is 5.75 Å². The van der Waals surface area contributed by atoms with Gasteiger partial charge in [-0.25, -0.2) is 9.67 Å². The highest BCUT2D eigenvalue weighted by Crippen LogP contribution is 2.13. The van der Waals surface area contributed by atoms with Crippen molar-refractivity contribution in [2.24, 2.45) is 4.99 Å². The minimum Gasteiger partial charge on any atom is -0.497 e. The van der Waals surface area contributed by atoms with Crippen LogP contribution < -0.4 is 15.4 Å². The fourth-order valence-corrected chi connectivity index (χ4v) is 2.85. The molecule has 3 rings (SSSR count). The van der Waals surface area contributed by atoms with Crippen LogP contribution in [0.5, 0.6) is 5.75 Å². The van der Waals surface area contributed by atoms with E-state index in [0.717, 1.165) is 42.5 Å². The molecule has 1 heterocycles. The second-order valence-corrected chi connectivity index (χ2v) is 6.34. The molecule has 6 heteroatoms. The van der Waals surface area contributed by atoms with Crippen LogP contribution in [0, 0.1) is 0 Å². The number of ether oxygens (including phenoxy) is 1. The Labute approximate surface area is 166 Å². The molecule has 3 aromatic rings. The van der Waals surface area contributed by atoms with Gasteiger partial charge in [0.2, 0.25) is 0 Å². The third-order valence-corrected chi connectivity index (χ3v) is 4.31. The van der Waals surface area contributed by atoms with Crippen molar-refractivity contribution in [3.05, 3.63) is 78.1 Å². The minimum absolute atomic E-state index is 0.602. The SMILES string of the molecule is CCNC(=NCc1cccc(OC)c1)NCCc1ccc(-n2cccn2)cc1. The van der Waals surface area contributed by atoms with Crippen molar-refractivity contribution in [1.29, 1.82) is 0 Å². The lowest BCUT2D eigenvalue weighted by Gasteiger charge is -2.12. The molecule has 0 saturated heterocycles. The first-order chi connectivity index (χ1) is 13.8. The van der Waals surface area contributed by atoms with E-state index in [1.165, 1.54) is 5.56 Å². The van der Waals surface area contributed by atoms with Crippen molar-refractivity contribution in [3.8, 4) is 11.4 Å². The summed E-state index contributed by atoms with van der Waals surface area (Å²) >= 11 is 0. The Hall–Kier alpha value is -3.28. The Kier molecular flexibility index (Phi) is 7.07. The Morgan fingerprint density at radius 3 is 2.64 bits per heavy atom. The number of hydrogen-bond acceptors (Lipinski definition) is 3. The van der Waals surface area contributed by atoms with Crippen molar-refractivity contribution in [2.45, 2.75) is 19.9 Å². The summed E-state index contributed by atoms with van der Waals surface area (Å²) in [7, 11) is 1.68. The molecule has 6 nitrogen and oxygen atoms in total. The maximum absolute atomic E-state index is 5.27. The average molecular weight is 377 g/mol. The maximum atomic E-state index is 5.27. The number of aromatic nitrogens is 2. The Morgan fingerprint density at radius 1 is 1.07 bits per heavy atom. The van der Waals surface area contributed by atoms with Gasteiger partial charge in [-0.05, 0) is 54.8 Å². The van der Waals surface area contributed by atoms with Crippen LogP contribution in [0.2, 0.25) is 0 Å². The summed E-state index contributed by atoms with van der Waals surface area (Å²) < 4.78 is 7.13. The Bertz CT molecular complexity index is 872. The van der Waals surface area contributed by atoms with Crippen LogP contribution in [0.15, 0.2) is 72.0 Å². The molecule has 0 aliphatic carbocycles. The normalized spacial score (nSPS) is 11.3. The van der Waals surface area contributed by atoms with E-state index in [0.29, 0.717) is 6.54 Å². The monoisotopic (exact) mass is 377 g/mol. The molecule has 0 radical (unpaired) electrons. The second-order valence-electron chi connectivity index (χ2n) is 6.34. The third-order valence-electron chi connectivity index (χ3n) is 4.31. The van der Waals surface area contributed by atoms with Crippen molar-refractivity contribution in [2.75, 3.05) is 20.2 Å². The summed E-state index contributed by atoms with van der Waals surface area (Å²) in [6.07, 6.45) is 4.64. The summed E-state index contributed by atoms with van der Waals surface area (Å²) in [6, 6.07) is 18.4. The van der Waals surface area contributed by atoms with Gasteiger partial charge < -0.3 is 15.4 Å². The smallest absolute Gasteiger partial charge is 0.191 e. The lowest BCUT2D eigenvalue weighted by molar-refractivity contribution is 0.414. The van der Waals surface area contributed by atoms with E-state index in [2.05, 4.69) is 58.0 Å². The predicted molar refractivity (Wildman–Crippen MR) is 113 cm³/mol. The number of guanidine groups is 1. The van der Waals surface area contributed by atoms with E-state index < -0.39 is 0 Å². The predicted octanol–water partition coefficient (Wildman–Crippen LogP) is 3.18. The highest BCUT2D eigenvalue weighted by atomic mass is 16.5. The van der Waals surface area contributed by atoms with Gasteiger partial charge in [-0.2, -0.15) is 5.10 Å². The van der Waals surface area contributed by atoms with Crippen molar-refractivity contribution in [3.63, 3.8) is 0 Å². The van der Waals surface area contributed by atoms with Crippen molar-refractivity contribution >= 4 is 5.96 Å². The van der Waals surface area contributed by atoms with E-state index in [9.17, 15) is 0 Å². The molecule has 2 aromatic carbocycles. The molecule has 146 valence electrons. The third kappa shape index (κ3) is 5.61. The standard InChI is InChI=1S/C22H27N5O/c1-3-23-22(25-17-19-6-4-7-21(16-19)28-2)24-14-12-18-8-10-20(11-9-18)27-15-5-13-26-27/h4-11,13,15-16H,3,12,14,17H2,1-2H3,(H2,23,24,25). The molecular weight excluding hydrogens is 350 g/mol. The molecule has 0 fully saturated rings. The number of nitrogens with zero attached hydrogens (tertiary/aromatic N) is 3. The van der Waals surface area contributed by atoms with Crippen molar-refractivity contribution < 1.29 is 4.74 Å². The first-order valence-electron chi connectivity index (χ1n) is 9.52. The van der Waals surface area contributed by atoms with Crippen LogP contribution in [-0.2, 0) is 13.0 Å². The molecule has 0 aliphatic heterocycles. The molecule has 28 heavy (non-hydrogen) atoms. The lowest BCUT2D eigenvalue weighted by Crippen LogP contribution is -2.38. The number of methoxy groups -OCH3 is 1. The molecule has 0 atom stereocenters. The fourth-order valence-electron chi connectivity index (χ4n) is 2.85. The highest BCUT2D eigenvalue weighted by Gasteiger charge is 2.01. The molecule has 0 aliphatic rings. The zero-order valence-electron chi connectivity index (χ0n) is 16.4. The minimum atomic E-state index is 0.602. The van der Waals surface area contributed by atoms with Crippen LogP contribution in [0.25, 0.3) is 5.69 Å². The van der Waals surface area contributed by atoms with Crippen LogP contribution in [0.1, 0.15) is 18.1 Å². The summed E-state index contributed by atoms with van der Waals surface area (Å²) in [5.74, 6) is 1.67. The van der Waals surface area contributed by atoms with Crippen molar-refractivity contribution in [1.82, 2.24) is 20.4 Å². The second kappa shape index (κ2) is 10.2. The highest BCUT2D eigenvalue weighted by molar-refractivity contribution is 5.79. The first kappa shape index (κ1) is 19.5. The number of rotatable bonds is 8. The van der Waals surface area contributed by atoms with Crippen LogP contribution in [0.3, 0.4) is 0 Å². The topological polar surface area (TPSA) is 63.5 Å². The summed E-state index contributed by atoms with van der Waals surface area (Å²) in [5, 5.41) is 10.9. The van der Waals surface area contributed by atoms with E-state index in [1.54, 1.807) is 13.3 Å². The zero-order chi connectivity index (χ0) is 19.6. The van der Waals surface area contributed by atoms with Crippen LogP contribution >= 0.6 is 0 Å². The Balaban J connectivity index is 1.52. The van der Waals surface area contributed by atoms with Gasteiger partial charge in [-0.1, -0.05) is 24.3 Å². The van der Waals surface area contributed by atoms with E-state index in [4.69, 9.17) is 4.74 Å². The summed E-state index contributed by atoms with van der Waals surface area (Å²) in [6.45, 7) is 4.30. The maximum Gasteiger partial charge on any atom is 0.191 e. The first-order valence-corrected chi connectivity index (χ1v) is 9.52. The van der Waals surface area contributed by atoms with Gasteiger partial charge in [0.25, 0.3) is 0 Å². The Morgan fingerprint density at radius 2 is 1.93 bits per heavy atom. The number of benzene rings is 2. The fraction of sp³-hybridized carbons (Fsp3) is 0.273. The molecule has 1 aromatic heterocycles. The average Bonchev–Trinajstić information content (AvgIpc) is 3.27. The van der Waals surface area contributed by atoms with E-state index in [1.807, 2.05) is 35.1 Å². The quantitative estimate of drug-likeness (QED) is 0.467. The largest absolute Gasteiger partial charge is 0.497 e. The number of hydrogen-bond donors (Lipinski definition) is 2. The molecule has 0 saturated carbocycles. The summed E-state index contributed by atoms with van der Waals surface area (Å²) in [5.41, 5.74) is 3.45. The van der Waals surface area contributed by atoms with Gasteiger partial charge in [0.05, 0.1) is 19.3 Å². The van der Waals surface area contributed by atoms with Crippen LogP contribution in [-0.4, -0.2) is 35.9 Å². The summed E-state index contributed by atoms with van der Waals surface area (Å²) in [4.78, 5) is 4.67. The number of aliphatic imine (C=N–C) groups is 1. The lowest BCUT2D eigenvalue weighted by atomic mass is 10.1. The molecule has 0 spiro atoms. The zero-order valence-corrected chi connectivity index (χ0v) is 16.4. The molecule has 0 unspecified atom stereocenters. The van der Waals surface area contributed by atoms with Gasteiger partial charge >= 0.3 is 0 Å². The number of nitrogens with one attached hydrogen (secondary N) is 2. The van der Waals surface area contributed by atoms with Gasteiger partial charge in [-0.3, -0.25) is 0 Å². The van der Waals surface area contributed by atoms with E-state index >= 15 is 0 Å². The van der Waals surface area contributed by atoms with Gasteiger partial charge in [0, 0.05) is 25.5 Å². The molecule has 0 amide bonds. The molecular formula is C22H27N5O. The van der Waals surface area contributed by atoms with E-state index in [-0.39, 0.29) is 0 Å². The van der Waals surface area contributed by atoms with Gasteiger partial charge in [-0.15, -0.1) is 0 Å². The van der Waals surface area contributed by atoms with Crippen LogP contribution in [0.4, 0.5) is 0 Å².